The number of hydrogen-bond acceptors (Lipinski definition) is 2. The van der Waals surface area contributed by atoms with Gasteiger partial charge in [-0.2, -0.15) is 0 Å². The zero-order chi connectivity index (χ0) is 16.9. The molecule has 1 aliphatic carbocycles. The van der Waals surface area contributed by atoms with Crippen molar-refractivity contribution in [1.29, 1.82) is 0 Å². The minimum absolute atomic E-state index is 0.0343. The van der Waals surface area contributed by atoms with Crippen LogP contribution in [0.2, 0.25) is 0 Å². The summed E-state index contributed by atoms with van der Waals surface area (Å²) in [4.78, 5) is 12.6. The number of nitrogens with one attached hydrogen (secondary N) is 2. The number of benzene rings is 1. The lowest BCUT2D eigenvalue weighted by Crippen LogP contribution is -2.38. The van der Waals surface area contributed by atoms with E-state index in [0.29, 0.717) is 24.2 Å². The highest BCUT2D eigenvalue weighted by molar-refractivity contribution is 5.76. The monoisotopic (exact) mass is 332 g/mol. The highest BCUT2D eigenvalue weighted by Gasteiger charge is 2.30. The maximum atomic E-state index is 13.2. The molecule has 0 radical (unpaired) electrons. The summed E-state index contributed by atoms with van der Waals surface area (Å²) in [5.74, 6) is 1.47. The number of rotatable bonds is 6. The average molecular weight is 332 g/mol. The van der Waals surface area contributed by atoms with Crippen molar-refractivity contribution in [3.63, 3.8) is 0 Å². The molecule has 0 spiro atoms. The molecule has 2 atom stereocenters. The van der Waals surface area contributed by atoms with Crippen molar-refractivity contribution < 1.29 is 9.18 Å². The number of hydrogen-bond donors (Lipinski definition) is 2. The summed E-state index contributed by atoms with van der Waals surface area (Å²) in [5, 5.41) is 6.63. The molecule has 1 aliphatic heterocycles. The van der Waals surface area contributed by atoms with Crippen LogP contribution in [-0.2, 0) is 4.79 Å². The molecule has 1 amide bonds. The molecule has 2 N–H and O–H groups in total. The van der Waals surface area contributed by atoms with Crippen LogP contribution >= 0.6 is 0 Å². The first kappa shape index (κ1) is 17.4. The molecule has 0 aromatic heterocycles. The van der Waals surface area contributed by atoms with Crippen LogP contribution in [0.3, 0.4) is 0 Å². The number of carbonyl (C=O) groups excluding carboxylic acids is 1. The van der Waals surface area contributed by atoms with Gasteiger partial charge in [0.15, 0.2) is 0 Å². The van der Waals surface area contributed by atoms with Gasteiger partial charge in [-0.15, -0.1) is 0 Å². The zero-order valence-electron chi connectivity index (χ0n) is 14.6. The minimum Gasteiger partial charge on any atom is -0.349 e. The van der Waals surface area contributed by atoms with E-state index >= 15 is 0 Å². The predicted octanol–water partition coefficient (Wildman–Crippen LogP) is 3.81. The van der Waals surface area contributed by atoms with Gasteiger partial charge in [0.2, 0.25) is 5.91 Å². The quantitative estimate of drug-likeness (QED) is 0.832. The SMILES string of the molecule is CC(CC(=O)NC(c1ccc(F)cc1)C1CCC1)C1CCNCC1. The predicted molar refractivity (Wildman–Crippen MR) is 94.0 cm³/mol. The van der Waals surface area contributed by atoms with Crippen LogP contribution in [0.25, 0.3) is 0 Å². The van der Waals surface area contributed by atoms with Crippen LogP contribution in [0.5, 0.6) is 0 Å². The molecule has 0 bridgehead atoms. The van der Waals surface area contributed by atoms with Crippen molar-refractivity contribution in [3.8, 4) is 0 Å². The Morgan fingerprint density at radius 1 is 1.17 bits per heavy atom. The Bertz CT molecular complexity index is 535. The fraction of sp³-hybridized carbons (Fsp3) is 0.650. The lowest BCUT2D eigenvalue weighted by molar-refractivity contribution is -0.123. The van der Waals surface area contributed by atoms with Gasteiger partial charge in [-0.3, -0.25) is 4.79 Å². The Hall–Kier alpha value is -1.42. The molecular formula is C20H29FN2O. The van der Waals surface area contributed by atoms with Gasteiger partial charge in [-0.05, 0) is 74.2 Å². The normalized spacial score (nSPS) is 21.8. The van der Waals surface area contributed by atoms with Crippen LogP contribution in [0.15, 0.2) is 24.3 Å². The molecule has 4 heteroatoms. The van der Waals surface area contributed by atoms with E-state index in [0.717, 1.165) is 31.5 Å². The standard InChI is InChI=1S/C20H29FN2O/c1-14(15-9-11-22-12-10-15)13-19(24)23-20(16-3-2-4-16)17-5-7-18(21)8-6-17/h5-8,14-16,20,22H,2-4,9-13H2,1H3,(H,23,24). The lowest BCUT2D eigenvalue weighted by atomic mass is 9.77. The molecule has 3 nitrogen and oxygen atoms in total. The molecule has 1 aromatic carbocycles. The average Bonchev–Trinajstić information content (AvgIpc) is 2.54. The third-order valence-corrected chi connectivity index (χ3v) is 5.86. The first-order chi connectivity index (χ1) is 11.6. The van der Waals surface area contributed by atoms with Crippen molar-refractivity contribution >= 4 is 5.91 Å². The van der Waals surface area contributed by atoms with Crippen LogP contribution < -0.4 is 10.6 Å². The summed E-state index contributed by atoms with van der Waals surface area (Å²) >= 11 is 0. The highest BCUT2D eigenvalue weighted by Crippen LogP contribution is 2.38. The van der Waals surface area contributed by atoms with Gasteiger partial charge in [0.05, 0.1) is 6.04 Å². The van der Waals surface area contributed by atoms with Gasteiger partial charge in [0.1, 0.15) is 5.82 Å². The van der Waals surface area contributed by atoms with E-state index in [4.69, 9.17) is 0 Å². The molecule has 1 saturated carbocycles. The Labute approximate surface area is 144 Å². The number of piperidine rings is 1. The van der Waals surface area contributed by atoms with E-state index in [1.165, 1.54) is 31.4 Å². The van der Waals surface area contributed by atoms with E-state index in [2.05, 4.69) is 17.6 Å². The number of halogens is 1. The van der Waals surface area contributed by atoms with Crippen molar-refractivity contribution in [2.45, 2.75) is 51.5 Å². The Morgan fingerprint density at radius 3 is 2.42 bits per heavy atom. The van der Waals surface area contributed by atoms with Crippen molar-refractivity contribution in [2.24, 2.45) is 17.8 Å². The van der Waals surface area contributed by atoms with E-state index in [1.807, 2.05) is 12.1 Å². The largest absolute Gasteiger partial charge is 0.349 e. The second-order valence-corrected chi connectivity index (χ2v) is 7.56. The van der Waals surface area contributed by atoms with Gasteiger partial charge in [0.25, 0.3) is 0 Å². The third-order valence-electron chi connectivity index (χ3n) is 5.86. The molecule has 24 heavy (non-hydrogen) atoms. The Balaban J connectivity index is 1.59. The molecule has 1 aromatic rings. The Morgan fingerprint density at radius 2 is 1.83 bits per heavy atom. The smallest absolute Gasteiger partial charge is 0.220 e. The second-order valence-electron chi connectivity index (χ2n) is 7.56. The van der Waals surface area contributed by atoms with Gasteiger partial charge in [-0.25, -0.2) is 4.39 Å². The summed E-state index contributed by atoms with van der Waals surface area (Å²) in [5.41, 5.74) is 1.03. The molecule has 1 saturated heterocycles. The minimum atomic E-state index is -0.225. The topological polar surface area (TPSA) is 41.1 Å². The maximum Gasteiger partial charge on any atom is 0.220 e. The maximum absolute atomic E-state index is 13.2. The first-order valence-electron chi connectivity index (χ1n) is 9.39. The second kappa shape index (κ2) is 8.11. The molecular weight excluding hydrogens is 303 g/mol. The van der Waals surface area contributed by atoms with Gasteiger partial charge < -0.3 is 10.6 Å². The van der Waals surface area contributed by atoms with Crippen molar-refractivity contribution in [3.05, 3.63) is 35.6 Å². The number of amides is 1. The van der Waals surface area contributed by atoms with E-state index in [1.54, 1.807) is 0 Å². The van der Waals surface area contributed by atoms with Crippen molar-refractivity contribution in [1.82, 2.24) is 10.6 Å². The summed E-state index contributed by atoms with van der Waals surface area (Å²) in [6.07, 6.45) is 6.44. The summed E-state index contributed by atoms with van der Waals surface area (Å²) in [6, 6.07) is 6.64. The van der Waals surface area contributed by atoms with Crippen LogP contribution in [0.1, 0.15) is 57.1 Å². The van der Waals surface area contributed by atoms with Crippen LogP contribution in [0.4, 0.5) is 4.39 Å². The van der Waals surface area contributed by atoms with Crippen LogP contribution in [0, 0.1) is 23.6 Å². The Kier molecular flexibility index (Phi) is 5.88. The first-order valence-corrected chi connectivity index (χ1v) is 9.39. The molecule has 1 heterocycles. The zero-order valence-corrected chi connectivity index (χ0v) is 14.6. The van der Waals surface area contributed by atoms with Gasteiger partial charge in [-0.1, -0.05) is 25.5 Å². The summed E-state index contributed by atoms with van der Waals surface area (Å²) in [7, 11) is 0. The summed E-state index contributed by atoms with van der Waals surface area (Å²) < 4.78 is 13.2. The van der Waals surface area contributed by atoms with E-state index < -0.39 is 0 Å². The van der Waals surface area contributed by atoms with Crippen LogP contribution in [-0.4, -0.2) is 19.0 Å². The highest BCUT2D eigenvalue weighted by atomic mass is 19.1. The molecule has 3 rings (SSSR count). The van der Waals surface area contributed by atoms with Gasteiger partial charge in [0, 0.05) is 6.42 Å². The summed E-state index contributed by atoms with van der Waals surface area (Å²) in [6.45, 7) is 4.33. The van der Waals surface area contributed by atoms with Gasteiger partial charge >= 0.3 is 0 Å². The third kappa shape index (κ3) is 4.35. The molecule has 2 fully saturated rings. The lowest BCUT2D eigenvalue weighted by Gasteiger charge is -2.35. The fourth-order valence-electron chi connectivity index (χ4n) is 4.02. The molecule has 132 valence electrons. The van der Waals surface area contributed by atoms with E-state index in [9.17, 15) is 9.18 Å². The number of carbonyl (C=O) groups is 1. The van der Waals surface area contributed by atoms with Crippen molar-refractivity contribution in [2.75, 3.05) is 13.1 Å². The molecule has 2 aliphatic rings. The molecule has 2 unspecified atom stereocenters. The van der Waals surface area contributed by atoms with E-state index in [-0.39, 0.29) is 17.8 Å². The fourth-order valence-corrected chi connectivity index (χ4v) is 4.02.